The highest BCUT2D eigenvalue weighted by molar-refractivity contribution is 5.91. The molecule has 1 aromatic heterocycles. The van der Waals surface area contributed by atoms with Crippen LogP contribution in [0.4, 0.5) is 16.0 Å². The van der Waals surface area contributed by atoms with Crippen molar-refractivity contribution in [2.75, 3.05) is 18.2 Å². The Labute approximate surface area is 131 Å². The number of aromatic nitrogens is 2. The third kappa shape index (κ3) is 4.13. The van der Waals surface area contributed by atoms with Crippen LogP contribution in [0.25, 0.3) is 0 Å². The van der Waals surface area contributed by atoms with E-state index in [-0.39, 0.29) is 24.9 Å². The van der Waals surface area contributed by atoms with Crippen molar-refractivity contribution in [1.82, 2.24) is 9.55 Å². The number of anilines is 2. The fraction of sp³-hybridized carbons (Fsp3) is 0.267. The van der Waals surface area contributed by atoms with E-state index >= 15 is 0 Å². The highest BCUT2D eigenvalue weighted by Gasteiger charge is 2.11. The van der Waals surface area contributed by atoms with Crippen molar-refractivity contribution in [2.45, 2.75) is 20.1 Å². The molecule has 0 atom stereocenters. The maximum absolute atomic E-state index is 13.0. The van der Waals surface area contributed by atoms with E-state index in [9.17, 15) is 14.0 Å². The molecular weight excluding hydrogens is 303 g/mol. The van der Waals surface area contributed by atoms with Gasteiger partial charge in [0.1, 0.15) is 12.4 Å². The number of halogens is 1. The Balaban J connectivity index is 2.15. The Morgan fingerprint density at radius 3 is 2.78 bits per heavy atom. The lowest BCUT2D eigenvalue weighted by Crippen LogP contribution is -2.30. The SMILES string of the molecule is COCc1cc(=O)n(CC(=O)Nc2ccc(F)cc2C)c(N)n1. The lowest BCUT2D eigenvalue weighted by Gasteiger charge is -2.12. The van der Waals surface area contributed by atoms with Crippen molar-refractivity contribution >= 4 is 17.5 Å². The number of nitrogen functional groups attached to an aromatic ring is 1. The summed E-state index contributed by atoms with van der Waals surface area (Å²) in [5.41, 5.74) is 6.69. The summed E-state index contributed by atoms with van der Waals surface area (Å²) < 4.78 is 19.0. The molecule has 7 nitrogen and oxygen atoms in total. The topological polar surface area (TPSA) is 99.2 Å². The molecule has 1 amide bonds. The second-order valence-corrected chi connectivity index (χ2v) is 4.97. The Kier molecular flexibility index (Phi) is 5.07. The molecule has 1 aromatic carbocycles. The van der Waals surface area contributed by atoms with Gasteiger partial charge in [0.05, 0.1) is 12.3 Å². The third-order valence-corrected chi connectivity index (χ3v) is 3.15. The van der Waals surface area contributed by atoms with E-state index in [4.69, 9.17) is 10.5 Å². The van der Waals surface area contributed by atoms with Crippen molar-refractivity contribution in [2.24, 2.45) is 0 Å². The minimum Gasteiger partial charge on any atom is -0.378 e. The van der Waals surface area contributed by atoms with Gasteiger partial charge in [0, 0.05) is 18.9 Å². The second kappa shape index (κ2) is 7.01. The average Bonchev–Trinajstić information content (AvgIpc) is 2.46. The van der Waals surface area contributed by atoms with Crippen LogP contribution >= 0.6 is 0 Å². The predicted molar refractivity (Wildman–Crippen MR) is 83.4 cm³/mol. The van der Waals surface area contributed by atoms with Crippen LogP contribution in [-0.2, 0) is 22.7 Å². The molecule has 0 radical (unpaired) electrons. The number of carbonyl (C=O) groups is 1. The molecule has 122 valence electrons. The largest absolute Gasteiger partial charge is 0.378 e. The lowest BCUT2D eigenvalue weighted by molar-refractivity contribution is -0.116. The number of methoxy groups -OCH3 is 1. The minimum absolute atomic E-state index is 0.0736. The average molecular weight is 320 g/mol. The van der Waals surface area contributed by atoms with Crippen LogP contribution in [0, 0.1) is 12.7 Å². The van der Waals surface area contributed by atoms with Gasteiger partial charge in [-0.2, -0.15) is 0 Å². The molecule has 0 bridgehead atoms. The Hall–Kier alpha value is -2.74. The summed E-state index contributed by atoms with van der Waals surface area (Å²) in [5, 5.41) is 2.61. The fourth-order valence-corrected chi connectivity index (χ4v) is 2.05. The molecule has 0 unspecified atom stereocenters. The smallest absolute Gasteiger partial charge is 0.255 e. The van der Waals surface area contributed by atoms with Gasteiger partial charge in [-0.25, -0.2) is 9.37 Å². The van der Waals surface area contributed by atoms with Gasteiger partial charge < -0.3 is 15.8 Å². The van der Waals surface area contributed by atoms with E-state index < -0.39 is 11.5 Å². The van der Waals surface area contributed by atoms with Crippen LogP contribution in [0.3, 0.4) is 0 Å². The first-order valence-electron chi connectivity index (χ1n) is 6.82. The highest BCUT2D eigenvalue weighted by atomic mass is 19.1. The van der Waals surface area contributed by atoms with E-state index in [1.807, 2.05) is 0 Å². The molecule has 0 aliphatic carbocycles. The van der Waals surface area contributed by atoms with Gasteiger partial charge in [-0.15, -0.1) is 0 Å². The number of hydrogen-bond donors (Lipinski definition) is 2. The number of nitrogens with two attached hydrogens (primary N) is 1. The van der Waals surface area contributed by atoms with Crippen LogP contribution in [0.5, 0.6) is 0 Å². The van der Waals surface area contributed by atoms with E-state index in [0.717, 1.165) is 4.57 Å². The molecule has 0 saturated carbocycles. The summed E-state index contributed by atoms with van der Waals surface area (Å²) in [6.07, 6.45) is 0. The van der Waals surface area contributed by atoms with Crippen molar-refractivity contribution in [3.63, 3.8) is 0 Å². The number of aryl methyl sites for hydroxylation is 1. The number of rotatable bonds is 5. The summed E-state index contributed by atoms with van der Waals surface area (Å²) >= 11 is 0. The number of nitrogens with zero attached hydrogens (tertiary/aromatic N) is 2. The molecule has 2 aromatic rings. The third-order valence-electron chi connectivity index (χ3n) is 3.15. The summed E-state index contributed by atoms with van der Waals surface area (Å²) in [6.45, 7) is 1.53. The molecule has 8 heteroatoms. The number of amides is 1. The van der Waals surface area contributed by atoms with Gasteiger partial charge >= 0.3 is 0 Å². The first kappa shape index (κ1) is 16.6. The van der Waals surface area contributed by atoms with E-state index in [1.165, 1.54) is 31.4 Å². The summed E-state index contributed by atoms with van der Waals surface area (Å²) in [6, 6.07) is 5.26. The van der Waals surface area contributed by atoms with Gasteiger partial charge in [-0.05, 0) is 30.7 Å². The zero-order valence-electron chi connectivity index (χ0n) is 12.8. The lowest BCUT2D eigenvalue weighted by atomic mass is 10.2. The molecule has 0 saturated heterocycles. The maximum atomic E-state index is 13.0. The molecule has 0 spiro atoms. The van der Waals surface area contributed by atoms with Crippen molar-refractivity contribution < 1.29 is 13.9 Å². The molecule has 0 aliphatic rings. The zero-order valence-corrected chi connectivity index (χ0v) is 12.8. The number of hydrogen-bond acceptors (Lipinski definition) is 5. The number of nitrogens with one attached hydrogen (secondary N) is 1. The van der Waals surface area contributed by atoms with Crippen molar-refractivity contribution in [3.8, 4) is 0 Å². The quantitative estimate of drug-likeness (QED) is 0.858. The number of ether oxygens (including phenoxy) is 1. The predicted octanol–water partition coefficient (Wildman–Crippen LogP) is 1.06. The van der Waals surface area contributed by atoms with E-state index in [0.29, 0.717) is 16.9 Å². The highest BCUT2D eigenvalue weighted by Crippen LogP contribution is 2.15. The van der Waals surface area contributed by atoms with Crippen LogP contribution < -0.4 is 16.6 Å². The summed E-state index contributed by atoms with van der Waals surface area (Å²) in [4.78, 5) is 28.1. The monoisotopic (exact) mass is 320 g/mol. The van der Waals surface area contributed by atoms with Gasteiger partial charge in [-0.1, -0.05) is 0 Å². The molecule has 3 N–H and O–H groups in total. The van der Waals surface area contributed by atoms with Crippen LogP contribution in [0.2, 0.25) is 0 Å². The Morgan fingerprint density at radius 1 is 1.43 bits per heavy atom. The molecule has 1 heterocycles. The van der Waals surface area contributed by atoms with Crippen LogP contribution in [-0.4, -0.2) is 22.6 Å². The first-order chi connectivity index (χ1) is 10.9. The van der Waals surface area contributed by atoms with Gasteiger partial charge in [0.25, 0.3) is 5.56 Å². The van der Waals surface area contributed by atoms with Gasteiger partial charge in [-0.3, -0.25) is 14.2 Å². The molecule has 23 heavy (non-hydrogen) atoms. The van der Waals surface area contributed by atoms with Gasteiger partial charge in [0.2, 0.25) is 11.9 Å². The maximum Gasteiger partial charge on any atom is 0.255 e. The number of carbonyl (C=O) groups excluding carboxylic acids is 1. The van der Waals surface area contributed by atoms with E-state index in [1.54, 1.807) is 6.92 Å². The summed E-state index contributed by atoms with van der Waals surface area (Å²) in [5.74, 6) is -0.927. The zero-order chi connectivity index (χ0) is 17.0. The molecule has 0 aliphatic heterocycles. The minimum atomic E-state index is -0.463. The normalized spacial score (nSPS) is 10.6. The Morgan fingerprint density at radius 2 is 2.17 bits per heavy atom. The molecule has 2 rings (SSSR count). The van der Waals surface area contributed by atoms with Crippen molar-refractivity contribution in [3.05, 3.63) is 51.7 Å². The first-order valence-corrected chi connectivity index (χ1v) is 6.82. The van der Waals surface area contributed by atoms with Crippen molar-refractivity contribution in [1.29, 1.82) is 0 Å². The second-order valence-electron chi connectivity index (χ2n) is 4.97. The molecular formula is C15H17FN4O3. The fourth-order valence-electron chi connectivity index (χ4n) is 2.05. The van der Waals surface area contributed by atoms with Crippen LogP contribution in [0.15, 0.2) is 29.1 Å². The number of benzene rings is 1. The van der Waals surface area contributed by atoms with Gasteiger partial charge in [0.15, 0.2) is 0 Å². The van der Waals surface area contributed by atoms with Crippen LogP contribution in [0.1, 0.15) is 11.3 Å². The van der Waals surface area contributed by atoms with E-state index in [2.05, 4.69) is 10.3 Å². The summed E-state index contributed by atoms with van der Waals surface area (Å²) in [7, 11) is 1.47. The molecule has 0 fully saturated rings. The standard InChI is InChI=1S/C15H17FN4O3/c1-9-5-10(16)3-4-12(9)19-13(21)7-20-14(22)6-11(8-23-2)18-15(20)17/h3-6H,7-8H2,1-2H3,(H2,17,18)(H,19,21). The Bertz CT molecular complexity index is 789.